The van der Waals surface area contributed by atoms with Crippen molar-refractivity contribution in [3.63, 3.8) is 0 Å². The van der Waals surface area contributed by atoms with Crippen LogP contribution in [0.5, 0.6) is 0 Å². The summed E-state index contributed by atoms with van der Waals surface area (Å²) in [6.45, 7) is 4.09. The predicted molar refractivity (Wildman–Crippen MR) is 46.2 cm³/mol. The molecule has 0 fully saturated rings. The third-order valence-corrected chi connectivity index (χ3v) is 1.85. The molecule has 1 N–H and O–H groups in total. The van der Waals surface area contributed by atoms with Crippen LogP contribution in [0.25, 0.3) is 0 Å². The molecule has 0 amide bonds. The Bertz CT molecular complexity index is 70.0. The lowest BCUT2D eigenvalue weighted by Crippen LogP contribution is -2.09. The first-order valence-corrected chi connectivity index (χ1v) is 4.44. The van der Waals surface area contributed by atoms with Crippen LogP contribution in [-0.2, 0) is 4.89 Å². The van der Waals surface area contributed by atoms with Gasteiger partial charge < -0.3 is 0 Å². The zero-order chi connectivity index (χ0) is 8.53. The third kappa shape index (κ3) is 6.32. The van der Waals surface area contributed by atoms with Crippen LogP contribution in [0, 0.1) is 6.42 Å². The Morgan fingerprint density at radius 1 is 1.36 bits per heavy atom. The van der Waals surface area contributed by atoms with Gasteiger partial charge in [0, 0.05) is 0 Å². The second-order valence-electron chi connectivity index (χ2n) is 2.83. The molecule has 0 aromatic carbocycles. The van der Waals surface area contributed by atoms with E-state index in [2.05, 4.69) is 11.8 Å². The molecule has 1 unspecified atom stereocenters. The average Bonchev–Trinajstić information content (AvgIpc) is 2.05. The van der Waals surface area contributed by atoms with E-state index in [1.165, 1.54) is 19.3 Å². The van der Waals surface area contributed by atoms with Gasteiger partial charge in [0.1, 0.15) is 0 Å². The van der Waals surface area contributed by atoms with Gasteiger partial charge in [0.25, 0.3) is 0 Å². The summed E-state index contributed by atoms with van der Waals surface area (Å²) in [4.78, 5) is 4.22. The molecule has 2 nitrogen and oxygen atoms in total. The zero-order valence-corrected chi connectivity index (χ0v) is 7.55. The fourth-order valence-electron chi connectivity index (χ4n) is 1.05. The van der Waals surface area contributed by atoms with E-state index in [1.54, 1.807) is 0 Å². The molecular weight excluding hydrogens is 140 g/mol. The minimum atomic E-state index is -0.0631. The first kappa shape index (κ1) is 10.9. The fourth-order valence-corrected chi connectivity index (χ4v) is 1.05. The van der Waals surface area contributed by atoms with E-state index in [9.17, 15) is 0 Å². The second-order valence-corrected chi connectivity index (χ2v) is 2.83. The minimum Gasteiger partial charge on any atom is -0.252 e. The normalized spacial score (nSPS) is 13.4. The highest BCUT2D eigenvalue weighted by Crippen LogP contribution is 2.08. The summed E-state index contributed by atoms with van der Waals surface area (Å²) >= 11 is 0. The topological polar surface area (TPSA) is 29.5 Å². The van der Waals surface area contributed by atoms with Crippen molar-refractivity contribution in [2.24, 2.45) is 0 Å². The molecule has 0 aliphatic carbocycles. The monoisotopic (exact) mass is 159 g/mol. The summed E-state index contributed by atoms with van der Waals surface area (Å²) in [5, 5.41) is 8.35. The predicted octanol–water partition coefficient (Wildman–Crippen LogP) is 3.04. The van der Waals surface area contributed by atoms with Crippen molar-refractivity contribution >= 4 is 0 Å². The summed E-state index contributed by atoms with van der Waals surface area (Å²) in [6.07, 6.45) is 7.67. The van der Waals surface area contributed by atoms with E-state index in [1.807, 2.05) is 13.3 Å². The van der Waals surface area contributed by atoms with Gasteiger partial charge in [-0.1, -0.05) is 39.5 Å². The molecule has 1 atom stereocenters. The van der Waals surface area contributed by atoms with Crippen molar-refractivity contribution in [2.75, 3.05) is 0 Å². The van der Waals surface area contributed by atoms with Crippen molar-refractivity contribution in [1.82, 2.24) is 0 Å². The number of hydrogen-bond acceptors (Lipinski definition) is 2. The SMILES string of the molecule is C[CH]C(CCCCCC)OO. The van der Waals surface area contributed by atoms with E-state index in [0.717, 1.165) is 12.8 Å². The highest BCUT2D eigenvalue weighted by Gasteiger charge is 2.04. The third-order valence-electron chi connectivity index (χ3n) is 1.85. The Morgan fingerprint density at radius 3 is 2.55 bits per heavy atom. The molecule has 2 heteroatoms. The van der Waals surface area contributed by atoms with Crippen molar-refractivity contribution < 1.29 is 10.1 Å². The molecule has 0 spiro atoms. The Kier molecular flexibility index (Phi) is 7.96. The van der Waals surface area contributed by atoms with Gasteiger partial charge in [-0.05, 0) is 12.8 Å². The molecule has 1 radical (unpaired) electrons. The van der Waals surface area contributed by atoms with E-state index < -0.39 is 0 Å². The Morgan fingerprint density at radius 2 is 2.09 bits per heavy atom. The lowest BCUT2D eigenvalue weighted by atomic mass is 10.1. The molecule has 0 saturated carbocycles. The largest absolute Gasteiger partial charge is 0.252 e. The second kappa shape index (κ2) is 8.02. The van der Waals surface area contributed by atoms with Gasteiger partial charge in [-0.25, -0.2) is 4.89 Å². The van der Waals surface area contributed by atoms with Crippen LogP contribution in [0.2, 0.25) is 0 Å². The number of unbranched alkanes of at least 4 members (excludes halogenated alkanes) is 3. The smallest absolute Gasteiger partial charge is 0.0956 e. The molecule has 67 valence electrons. The average molecular weight is 159 g/mol. The molecule has 0 bridgehead atoms. The van der Waals surface area contributed by atoms with Gasteiger partial charge in [-0.2, -0.15) is 0 Å². The summed E-state index contributed by atoms with van der Waals surface area (Å²) in [7, 11) is 0. The highest BCUT2D eigenvalue weighted by molar-refractivity contribution is 4.69. The fraction of sp³-hybridized carbons (Fsp3) is 0.889. The van der Waals surface area contributed by atoms with Crippen molar-refractivity contribution in [2.45, 2.75) is 52.1 Å². The maximum atomic E-state index is 8.35. The molecule has 0 aromatic heterocycles. The Labute approximate surface area is 69.5 Å². The van der Waals surface area contributed by atoms with Crippen LogP contribution in [0.15, 0.2) is 0 Å². The van der Waals surface area contributed by atoms with Crippen LogP contribution in [-0.4, -0.2) is 11.4 Å². The Hall–Kier alpha value is -0.0800. The van der Waals surface area contributed by atoms with Crippen LogP contribution in [0.4, 0.5) is 0 Å². The molecule has 11 heavy (non-hydrogen) atoms. The van der Waals surface area contributed by atoms with Crippen LogP contribution >= 0.6 is 0 Å². The van der Waals surface area contributed by atoms with Gasteiger partial charge in [0.05, 0.1) is 6.10 Å². The van der Waals surface area contributed by atoms with Crippen molar-refractivity contribution in [3.8, 4) is 0 Å². The van der Waals surface area contributed by atoms with Gasteiger partial charge in [-0.3, -0.25) is 5.26 Å². The van der Waals surface area contributed by atoms with E-state index in [4.69, 9.17) is 5.26 Å². The van der Waals surface area contributed by atoms with Crippen LogP contribution in [0.3, 0.4) is 0 Å². The quantitative estimate of drug-likeness (QED) is 0.351. The summed E-state index contributed by atoms with van der Waals surface area (Å²) in [5.41, 5.74) is 0. The van der Waals surface area contributed by atoms with Gasteiger partial charge in [0.15, 0.2) is 0 Å². The Balaban J connectivity index is 3.07. The van der Waals surface area contributed by atoms with Gasteiger partial charge in [0.2, 0.25) is 0 Å². The van der Waals surface area contributed by atoms with Crippen molar-refractivity contribution in [1.29, 1.82) is 0 Å². The first-order valence-electron chi connectivity index (χ1n) is 4.44. The number of hydrogen-bond donors (Lipinski definition) is 1. The standard InChI is InChI=1S/C9H19O2/c1-3-5-6-7-8-9(4-2)11-10/h4,9-10H,3,5-8H2,1-2H3. The van der Waals surface area contributed by atoms with Crippen molar-refractivity contribution in [3.05, 3.63) is 6.42 Å². The lowest BCUT2D eigenvalue weighted by Gasteiger charge is -2.08. The van der Waals surface area contributed by atoms with Gasteiger partial charge in [-0.15, -0.1) is 0 Å². The molecule has 0 heterocycles. The maximum Gasteiger partial charge on any atom is 0.0956 e. The van der Waals surface area contributed by atoms with E-state index >= 15 is 0 Å². The van der Waals surface area contributed by atoms with Crippen LogP contribution in [0.1, 0.15) is 46.0 Å². The van der Waals surface area contributed by atoms with E-state index in [-0.39, 0.29) is 6.10 Å². The molecule has 0 aliphatic rings. The molecule has 0 aromatic rings. The lowest BCUT2D eigenvalue weighted by molar-refractivity contribution is -0.271. The molecular formula is C9H19O2. The summed E-state index contributed by atoms with van der Waals surface area (Å²) < 4.78 is 0. The summed E-state index contributed by atoms with van der Waals surface area (Å²) in [5.74, 6) is 0. The summed E-state index contributed by atoms with van der Waals surface area (Å²) in [6, 6.07) is 0. The minimum absolute atomic E-state index is 0.0631. The highest BCUT2D eigenvalue weighted by atomic mass is 17.1. The maximum absolute atomic E-state index is 8.35. The first-order chi connectivity index (χ1) is 5.35. The van der Waals surface area contributed by atoms with Gasteiger partial charge >= 0.3 is 0 Å². The molecule has 0 rings (SSSR count). The number of rotatable bonds is 7. The zero-order valence-electron chi connectivity index (χ0n) is 7.55. The molecule has 0 aliphatic heterocycles. The molecule has 0 saturated heterocycles. The van der Waals surface area contributed by atoms with E-state index in [0.29, 0.717) is 0 Å². The van der Waals surface area contributed by atoms with Crippen LogP contribution < -0.4 is 0 Å².